The average molecular weight is 342 g/mol. The van der Waals surface area contributed by atoms with Crippen molar-refractivity contribution in [1.82, 2.24) is 20.6 Å². The van der Waals surface area contributed by atoms with Crippen molar-refractivity contribution >= 4 is 17.8 Å². The van der Waals surface area contributed by atoms with E-state index in [9.17, 15) is 24.0 Å². The van der Waals surface area contributed by atoms with Gasteiger partial charge in [-0.3, -0.25) is 35.0 Å². The topological polar surface area (TPSA) is 150 Å². The lowest BCUT2D eigenvalue weighted by Gasteiger charge is -2.32. The number of rotatable bonds is 1. The minimum atomic E-state index is -1.38. The highest BCUT2D eigenvalue weighted by molar-refractivity contribution is 6.17. The molecule has 1 fully saturated rings. The van der Waals surface area contributed by atoms with Crippen molar-refractivity contribution in [2.45, 2.75) is 5.92 Å². The van der Waals surface area contributed by atoms with E-state index in [-0.39, 0.29) is 11.4 Å². The number of fused-ring (bicyclic) bond motifs is 2. The van der Waals surface area contributed by atoms with Gasteiger partial charge in [0.1, 0.15) is 11.7 Å². The Labute approximate surface area is 138 Å². The first-order valence-corrected chi connectivity index (χ1v) is 7.24. The predicted molar refractivity (Wildman–Crippen MR) is 81.2 cm³/mol. The second kappa shape index (κ2) is 5.16. The van der Waals surface area contributed by atoms with Crippen molar-refractivity contribution < 1.29 is 19.1 Å². The monoisotopic (exact) mass is 342 g/mol. The van der Waals surface area contributed by atoms with Gasteiger partial charge in [0.25, 0.3) is 5.56 Å². The summed E-state index contributed by atoms with van der Waals surface area (Å²) >= 11 is 0. The van der Waals surface area contributed by atoms with E-state index in [2.05, 4.69) is 9.97 Å². The summed E-state index contributed by atoms with van der Waals surface area (Å²) in [6.07, 6.45) is 0. The summed E-state index contributed by atoms with van der Waals surface area (Å²) < 4.78 is 5.55. The summed E-state index contributed by atoms with van der Waals surface area (Å²) in [4.78, 5) is 64.2. The first kappa shape index (κ1) is 14.9. The standard InChI is InChI=1S/C15H10N4O6/c20-10-8(11(21)17-14(23)16-10)7-5-3-1-2-4-6(5)25-13-9(7)12(22)18-15(24)19-13/h1-4,7-8H,(H2,18,19,22,24)(H2,16,17,20,21,23). The van der Waals surface area contributed by atoms with E-state index in [0.29, 0.717) is 11.3 Å². The summed E-state index contributed by atoms with van der Waals surface area (Å²) in [6.45, 7) is 0. The molecule has 1 saturated heterocycles. The number of aromatic nitrogens is 2. The van der Waals surface area contributed by atoms with Gasteiger partial charge in [0.05, 0.1) is 5.56 Å². The van der Waals surface area contributed by atoms with Crippen LogP contribution in [0.4, 0.5) is 4.79 Å². The van der Waals surface area contributed by atoms with Crippen molar-refractivity contribution in [3.8, 4) is 11.6 Å². The van der Waals surface area contributed by atoms with E-state index >= 15 is 0 Å². The number of aromatic amines is 2. The van der Waals surface area contributed by atoms with E-state index in [0.717, 1.165) is 0 Å². The Morgan fingerprint density at radius 2 is 1.52 bits per heavy atom. The fraction of sp³-hybridized carbons (Fsp3) is 0.133. The van der Waals surface area contributed by atoms with E-state index in [1.807, 2.05) is 10.6 Å². The maximum atomic E-state index is 12.3. The van der Waals surface area contributed by atoms with Gasteiger partial charge < -0.3 is 4.74 Å². The molecule has 10 heteroatoms. The first-order chi connectivity index (χ1) is 12.0. The molecule has 1 aromatic heterocycles. The summed E-state index contributed by atoms with van der Waals surface area (Å²) in [5, 5.41) is 4.03. The SMILES string of the molecule is O=C1NC(=O)C(C2c3ccccc3Oc3[nH]c(=O)[nH]c(=O)c32)C(=O)N1. The molecule has 4 amide bonds. The van der Waals surface area contributed by atoms with Crippen LogP contribution in [-0.4, -0.2) is 27.8 Å². The molecule has 1 unspecified atom stereocenters. The molecule has 1 aromatic carbocycles. The van der Waals surface area contributed by atoms with Gasteiger partial charge in [-0.1, -0.05) is 18.2 Å². The molecular formula is C15H10N4O6. The molecule has 126 valence electrons. The van der Waals surface area contributed by atoms with Crippen LogP contribution in [0.15, 0.2) is 33.9 Å². The Bertz CT molecular complexity index is 1030. The van der Waals surface area contributed by atoms with Gasteiger partial charge in [0.15, 0.2) is 0 Å². The fourth-order valence-electron chi connectivity index (χ4n) is 3.11. The number of carbonyl (C=O) groups excluding carboxylic acids is 3. The van der Waals surface area contributed by atoms with E-state index in [4.69, 9.17) is 4.74 Å². The number of H-pyrrole nitrogens is 2. The summed E-state index contributed by atoms with van der Waals surface area (Å²) in [5.74, 6) is -3.95. The van der Waals surface area contributed by atoms with Crippen molar-refractivity contribution in [3.63, 3.8) is 0 Å². The van der Waals surface area contributed by atoms with Gasteiger partial charge in [-0.05, 0) is 6.07 Å². The summed E-state index contributed by atoms with van der Waals surface area (Å²) in [6, 6.07) is 5.57. The molecule has 1 atom stereocenters. The van der Waals surface area contributed by atoms with Crippen LogP contribution < -0.4 is 26.6 Å². The van der Waals surface area contributed by atoms with Crippen LogP contribution in [0.3, 0.4) is 0 Å². The molecule has 0 saturated carbocycles. The van der Waals surface area contributed by atoms with Gasteiger partial charge in [0.2, 0.25) is 17.7 Å². The molecule has 0 radical (unpaired) electrons. The fourth-order valence-corrected chi connectivity index (χ4v) is 3.11. The number of benzene rings is 1. The quantitative estimate of drug-likeness (QED) is 0.502. The van der Waals surface area contributed by atoms with Crippen LogP contribution in [0.25, 0.3) is 0 Å². The van der Waals surface area contributed by atoms with Crippen LogP contribution in [0, 0.1) is 5.92 Å². The molecule has 4 rings (SSSR count). The van der Waals surface area contributed by atoms with E-state index < -0.39 is 40.9 Å². The van der Waals surface area contributed by atoms with Crippen LogP contribution in [0.1, 0.15) is 17.0 Å². The van der Waals surface area contributed by atoms with Gasteiger partial charge in [-0.25, -0.2) is 9.59 Å². The number of hydrogen-bond acceptors (Lipinski definition) is 6. The van der Waals surface area contributed by atoms with Crippen LogP contribution >= 0.6 is 0 Å². The maximum Gasteiger partial charge on any atom is 0.328 e. The smallest absolute Gasteiger partial charge is 0.328 e. The number of urea groups is 1. The highest BCUT2D eigenvalue weighted by atomic mass is 16.5. The summed E-state index contributed by atoms with van der Waals surface area (Å²) in [7, 11) is 0. The van der Waals surface area contributed by atoms with E-state index in [1.165, 1.54) is 0 Å². The van der Waals surface area contributed by atoms with Crippen molar-refractivity contribution in [2.75, 3.05) is 0 Å². The van der Waals surface area contributed by atoms with Gasteiger partial charge in [-0.15, -0.1) is 0 Å². The molecule has 2 aromatic rings. The number of amides is 4. The van der Waals surface area contributed by atoms with Gasteiger partial charge in [0, 0.05) is 11.5 Å². The molecule has 0 bridgehead atoms. The second-order valence-electron chi connectivity index (χ2n) is 5.55. The first-order valence-electron chi connectivity index (χ1n) is 7.24. The zero-order valence-corrected chi connectivity index (χ0v) is 12.4. The highest BCUT2D eigenvalue weighted by Gasteiger charge is 2.46. The highest BCUT2D eigenvalue weighted by Crippen LogP contribution is 2.45. The number of para-hydroxylation sites is 1. The number of imide groups is 2. The third kappa shape index (κ3) is 2.23. The maximum absolute atomic E-state index is 12.3. The largest absolute Gasteiger partial charge is 0.440 e. The normalized spacial score (nSPS) is 19.4. The molecular weight excluding hydrogens is 332 g/mol. The molecule has 0 spiro atoms. The van der Waals surface area contributed by atoms with Crippen molar-refractivity contribution in [3.05, 3.63) is 56.2 Å². The number of carbonyl (C=O) groups is 3. The zero-order valence-electron chi connectivity index (χ0n) is 12.4. The van der Waals surface area contributed by atoms with Crippen LogP contribution in [0.5, 0.6) is 11.6 Å². The lowest BCUT2D eigenvalue weighted by atomic mass is 9.78. The Kier molecular flexibility index (Phi) is 3.07. The van der Waals surface area contributed by atoms with Gasteiger partial charge >= 0.3 is 11.7 Å². The molecule has 2 aliphatic heterocycles. The number of ether oxygens (including phenoxy) is 1. The third-order valence-corrected chi connectivity index (χ3v) is 4.09. The van der Waals surface area contributed by atoms with Crippen LogP contribution in [0.2, 0.25) is 0 Å². The Morgan fingerprint density at radius 1 is 0.840 bits per heavy atom. The Hall–Kier alpha value is -3.69. The summed E-state index contributed by atoms with van der Waals surface area (Å²) in [5.41, 5.74) is -1.22. The molecule has 3 heterocycles. The number of hydrogen-bond donors (Lipinski definition) is 4. The minimum Gasteiger partial charge on any atom is -0.440 e. The predicted octanol–water partition coefficient (Wildman–Crippen LogP) is -0.717. The minimum absolute atomic E-state index is 0.0667. The van der Waals surface area contributed by atoms with Gasteiger partial charge in [-0.2, -0.15) is 0 Å². The van der Waals surface area contributed by atoms with Crippen molar-refractivity contribution in [1.29, 1.82) is 0 Å². The molecule has 25 heavy (non-hydrogen) atoms. The molecule has 2 aliphatic rings. The number of nitrogens with one attached hydrogen (secondary N) is 4. The third-order valence-electron chi connectivity index (χ3n) is 4.09. The Morgan fingerprint density at radius 3 is 2.24 bits per heavy atom. The molecule has 0 aliphatic carbocycles. The number of barbiturate groups is 1. The molecule has 10 nitrogen and oxygen atoms in total. The lowest BCUT2D eigenvalue weighted by molar-refractivity contribution is -0.136. The second-order valence-corrected chi connectivity index (χ2v) is 5.55. The van der Waals surface area contributed by atoms with Crippen LogP contribution in [-0.2, 0) is 9.59 Å². The molecule has 4 N–H and O–H groups in total. The van der Waals surface area contributed by atoms with Crippen molar-refractivity contribution in [2.24, 2.45) is 5.92 Å². The lowest BCUT2D eigenvalue weighted by Crippen LogP contribution is -2.58. The zero-order chi connectivity index (χ0) is 17.7. The average Bonchev–Trinajstić information content (AvgIpc) is 2.52. The van der Waals surface area contributed by atoms with E-state index in [1.54, 1.807) is 24.3 Å². The Balaban J connectivity index is 1.98.